The Morgan fingerprint density at radius 1 is 1.35 bits per heavy atom. The Morgan fingerprint density at radius 2 is 2.22 bits per heavy atom. The highest BCUT2D eigenvalue weighted by Crippen LogP contribution is 2.39. The molecule has 0 N–H and O–H groups in total. The second-order valence-electron chi connectivity index (χ2n) is 5.36. The Kier molecular flexibility index (Phi) is 3.71. The number of carbonyl (C=O) groups excluding carboxylic acids is 1. The maximum atomic E-state index is 12.9. The average molecular weight is 342 g/mol. The van der Waals surface area contributed by atoms with Crippen molar-refractivity contribution in [1.29, 1.82) is 0 Å². The van der Waals surface area contributed by atoms with Crippen molar-refractivity contribution in [2.45, 2.75) is 17.1 Å². The van der Waals surface area contributed by atoms with Gasteiger partial charge in [-0.05, 0) is 18.2 Å². The maximum Gasteiger partial charge on any atom is 0.277 e. The molecule has 0 saturated carbocycles. The molecule has 0 spiro atoms. The topological polar surface area (TPSA) is 46.3 Å². The lowest BCUT2D eigenvalue weighted by molar-refractivity contribution is 0.0982. The summed E-state index contributed by atoms with van der Waals surface area (Å²) in [5.41, 5.74) is 2.36. The van der Waals surface area contributed by atoms with E-state index in [0.717, 1.165) is 21.2 Å². The molecule has 6 heteroatoms. The van der Waals surface area contributed by atoms with Crippen LogP contribution in [0.25, 0.3) is 10.6 Å². The van der Waals surface area contributed by atoms with Gasteiger partial charge in [0.1, 0.15) is 17.0 Å². The van der Waals surface area contributed by atoms with E-state index in [1.54, 1.807) is 12.5 Å². The highest BCUT2D eigenvalue weighted by atomic mass is 32.2. The smallest absolute Gasteiger partial charge is 0.277 e. The number of aromatic nitrogens is 1. The van der Waals surface area contributed by atoms with Crippen molar-refractivity contribution in [3.05, 3.63) is 53.9 Å². The fourth-order valence-corrected chi connectivity index (χ4v) is 4.50. The van der Waals surface area contributed by atoms with Gasteiger partial charge in [0.25, 0.3) is 5.91 Å². The predicted molar refractivity (Wildman–Crippen MR) is 93.3 cm³/mol. The number of hydrogen-bond acceptors (Lipinski definition) is 5. The summed E-state index contributed by atoms with van der Waals surface area (Å²) in [7, 11) is 0. The number of nitrogens with zero attached hydrogens (tertiary/aromatic N) is 2. The molecule has 1 amide bonds. The van der Waals surface area contributed by atoms with Crippen LogP contribution in [0.15, 0.2) is 57.6 Å². The van der Waals surface area contributed by atoms with E-state index in [9.17, 15) is 4.79 Å². The Labute approximate surface area is 142 Å². The normalized spacial score (nSPS) is 17.1. The summed E-state index contributed by atoms with van der Waals surface area (Å²) in [6.07, 6.45) is 3.25. The van der Waals surface area contributed by atoms with Crippen molar-refractivity contribution >= 4 is 34.7 Å². The maximum absolute atomic E-state index is 12.9. The van der Waals surface area contributed by atoms with Crippen LogP contribution in [0.4, 0.5) is 5.69 Å². The SMILES string of the molecule is C[C@H]1CN(C(=O)c2csc(-c3ccoc3)n2)c2ccccc2S1. The third-order valence-electron chi connectivity index (χ3n) is 3.66. The van der Waals surface area contributed by atoms with Crippen LogP contribution in [0.1, 0.15) is 17.4 Å². The van der Waals surface area contributed by atoms with Crippen molar-refractivity contribution < 1.29 is 9.21 Å². The number of benzene rings is 1. The van der Waals surface area contributed by atoms with Crippen LogP contribution in [0.2, 0.25) is 0 Å². The molecular weight excluding hydrogens is 328 g/mol. The van der Waals surface area contributed by atoms with E-state index < -0.39 is 0 Å². The molecule has 0 saturated heterocycles. The van der Waals surface area contributed by atoms with Gasteiger partial charge in [-0.25, -0.2) is 4.98 Å². The van der Waals surface area contributed by atoms with E-state index in [1.807, 2.05) is 46.3 Å². The molecule has 2 aromatic heterocycles. The number of hydrogen-bond donors (Lipinski definition) is 0. The first-order valence-corrected chi connectivity index (χ1v) is 9.04. The summed E-state index contributed by atoms with van der Waals surface area (Å²) >= 11 is 3.27. The third-order valence-corrected chi connectivity index (χ3v) is 5.70. The first kappa shape index (κ1) is 14.5. The van der Waals surface area contributed by atoms with Crippen LogP contribution < -0.4 is 4.90 Å². The summed E-state index contributed by atoms with van der Waals surface area (Å²) < 4.78 is 5.08. The van der Waals surface area contributed by atoms with Gasteiger partial charge in [0.05, 0.1) is 12.0 Å². The van der Waals surface area contributed by atoms with Crippen LogP contribution in [0.3, 0.4) is 0 Å². The van der Waals surface area contributed by atoms with Crippen LogP contribution >= 0.6 is 23.1 Å². The second kappa shape index (κ2) is 5.86. The van der Waals surface area contributed by atoms with E-state index in [0.29, 0.717) is 17.5 Å². The van der Waals surface area contributed by atoms with Crippen molar-refractivity contribution in [3.63, 3.8) is 0 Å². The summed E-state index contributed by atoms with van der Waals surface area (Å²) in [4.78, 5) is 20.4. The van der Waals surface area contributed by atoms with Crippen molar-refractivity contribution in [1.82, 2.24) is 4.98 Å². The van der Waals surface area contributed by atoms with Crippen LogP contribution in [0.5, 0.6) is 0 Å². The molecule has 1 aliphatic heterocycles. The van der Waals surface area contributed by atoms with E-state index in [4.69, 9.17) is 4.42 Å². The molecular formula is C17H14N2O2S2. The molecule has 0 unspecified atom stereocenters. The molecule has 1 aromatic carbocycles. The Morgan fingerprint density at radius 3 is 3.04 bits per heavy atom. The molecule has 1 aliphatic rings. The van der Waals surface area contributed by atoms with Crippen LogP contribution in [0, 0.1) is 0 Å². The van der Waals surface area contributed by atoms with E-state index in [1.165, 1.54) is 11.3 Å². The minimum atomic E-state index is -0.0457. The molecule has 1 atom stereocenters. The highest BCUT2D eigenvalue weighted by molar-refractivity contribution is 8.00. The highest BCUT2D eigenvalue weighted by Gasteiger charge is 2.28. The number of thioether (sulfide) groups is 1. The Bertz CT molecular complexity index is 842. The first-order chi connectivity index (χ1) is 11.2. The first-order valence-electron chi connectivity index (χ1n) is 7.28. The molecule has 0 aliphatic carbocycles. The monoisotopic (exact) mass is 342 g/mol. The quantitative estimate of drug-likeness (QED) is 0.686. The lowest BCUT2D eigenvalue weighted by atomic mass is 10.2. The van der Waals surface area contributed by atoms with Gasteiger partial charge >= 0.3 is 0 Å². The molecule has 3 aromatic rings. The number of fused-ring (bicyclic) bond motifs is 1. The molecule has 0 fully saturated rings. The zero-order valence-electron chi connectivity index (χ0n) is 12.4. The van der Waals surface area contributed by atoms with Gasteiger partial charge in [0.15, 0.2) is 0 Å². The fraction of sp³-hybridized carbons (Fsp3) is 0.176. The molecule has 23 heavy (non-hydrogen) atoms. The summed E-state index contributed by atoms with van der Waals surface area (Å²) in [6.45, 7) is 2.83. The molecule has 4 rings (SSSR count). The van der Waals surface area contributed by atoms with Crippen LogP contribution in [-0.2, 0) is 0 Å². The number of anilines is 1. The predicted octanol–water partition coefficient (Wildman–Crippen LogP) is 4.54. The zero-order valence-corrected chi connectivity index (χ0v) is 14.1. The van der Waals surface area contributed by atoms with Crippen molar-refractivity contribution in [2.75, 3.05) is 11.4 Å². The third kappa shape index (κ3) is 2.68. The Hall–Kier alpha value is -2.05. The zero-order chi connectivity index (χ0) is 15.8. The van der Waals surface area contributed by atoms with Gasteiger partial charge in [-0.3, -0.25) is 4.79 Å². The van der Waals surface area contributed by atoms with Gasteiger partial charge in [0.2, 0.25) is 0 Å². The van der Waals surface area contributed by atoms with Gasteiger partial charge in [0, 0.05) is 27.6 Å². The van der Waals surface area contributed by atoms with Gasteiger partial charge in [-0.1, -0.05) is 19.1 Å². The molecule has 116 valence electrons. The van der Waals surface area contributed by atoms with E-state index in [2.05, 4.69) is 18.0 Å². The molecule has 0 bridgehead atoms. The lowest BCUT2D eigenvalue weighted by Crippen LogP contribution is -2.38. The second-order valence-corrected chi connectivity index (χ2v) is 7.70. The van der Waals surface area contributed by atoms with E-state index in [-0.39, 0.29) is 5.91 Å². The van der Waals surface area contributed by atoms with Gasteiger partial charge in [-0.2, -0.15) is 0 Å². The number of rotatable bonds is 2. The summed E-state index contributed by atoms with van der Waals surface area (Å²) in [5, 5.41) is 2.98. The summed E-state index contributed by atoms with van der Waals surface area (Å²) in [5.74, 6) is -0.0457. The Balaban J connectivity index is 1.67. The number of carbonyl (C=O) groups is 1. The van der Waals surface area contributed by atoms with E-state index >= 15 is 0 Å². The largest absolute Gasteiger partial charge is 0.472 e. The molecule has 0 radical (unpaired) electrons. The number of amides is 1. The molecule has 3 heterocycles. The summed E-state index contributed by atoms with van der Waals surface area (Å²) in [6, 6.07) is 9.88. The standard InChI is InChI=1S/C17H14N2O2S2/c1-11-8-19(14-4-2-3-5-15(14)23-11)17(20)13-10-22-16(18-13)12-6-7-21-9-12/h2-7,9-11H,8H2,1H3/t11-/m0/s1. The number of furan rings is 1. The van der Waals surface area contributed by atoms with Gasteiger partial charge < -0.3 is 9.32 Å². The van der Waals surface area contributed by atoms with Gasteiger partial charge in [-0.15, -0.1) is 23.1 Å². The van der Waals surface area contributed by atoms with Crippen molar-refractivity contribution in [2.24, 2.45) is 0 Å². The lowest BCUT2D eigenvalue weighted by Gasteiger charge is -2.32. The number of thiazole rings is 1. The minimum absolute atomic E-state index is 0.0457. The average Bonchev–Trinajstić information content (AvgIpc) is 3.24. The van der Waals surface area contributed by atoms with Crippen molar-refractivity contribution in [3.8, 4) is 10.6 Å². The fourth-order valence-electron chi connectivity index (χ4n) is 2.61. The van der Waals surface area contributed by atoms with Crippen LogP contribution in [-0.4, -0.2) is 22.7 Å². The number of para-hydroxylation sites is 1. The molecule has 4 nitrogen and oxygen atoms in total. The minimum Gasteiger partial charge on any atom is -0.472 e.